The molecule has 0 radical (unpaired) electrons. The molecule has 29 heavy (non-hydrogen) atoms. The number of benzene rings is 1. The van der Waals surface area contributed by atoms with E-state index >= 15 is 0 Å². The standard InChI is InChI=1S/C19H24F2N2O6/c1-5-27-15-10-13(6-8-14(15)29-18(20)21)7-9-16(24)28-12(4)17(25)23-19(26)22-11(2)3/h6-12,18H,5H2,1-4H3,(H2,22,23,25,26)/b9-7+/t12-/m0/s1. The van der Waals surface area contributed by atoms with Gasteiger partial charge in [-0.05, 0) is 51.5 Å². The van der Waals surface area contributed by atoms with E-state index in [2.05, 4.69) is 15.4 Å². The topological polar surface area (TPSA) is 103 Å². The minimum Gasteiger partial charge on any atom is -0.490 e. The first-order chi connectivity index (χ1) is 13.6. The number of esters is 1. The molecule has 0 aromatic heterocycles. The second-order valence-electron chi connectivity index (χ2n) is 6.05. The minimum atomic E-state index is -3.00. The van der Waals surface area contributed by atoms with Gasteiger partial charge in [-0.1, -0.05) is 6.07 Å². The van der Waals surface area contributed by atoms with E-state index in [1.54, 1.807) is 20.8 Å². The Morgan fingerprint density at radius 3 is 2.41 bits per heavy atom. The van der Waals surface area contributed by atoms with Crippen LogP contribution in [0.15, 0.2) is 24.3 Å². The first-order valence-electron chi connectivity index (χ1n) is 8.84. The molecule has 1 aromatic carbocycles. The van der Waals surface area contributed by atoms with Crippen LogP contribution in [0.1, 0.15) is 33.3 Å². The zero-order chi connectivity index (χ0) is 22.0. The zero-order valence-electron chi connectivity index (χ0n) is 16.5. The van der Waals surface area contributed by atoms with Crippen molar-refractivity contribution < 1.29 is 37.4 Å². The van der Waals surface area contributed by atoms with E-state index in [9.17, 15) is 23.2 Å². The van der Waals surface area contributed by atoms with Crippen LogP contribution in [0.3, 0.4) is 0 Å². The smallest absolute Gasteiger partial charge is 0.387 e. The Morgan fingerprint density at radius 2 is 1.83 bits per heavy atom. The van der Waals surface area contributed by atoms with E-state index in [4.69, 9.17) is 9.47 Å². The number of alkyl halides is 2. The van der Waals surface area contributed by atoms with Crippen LogP contribution in [-0.4, -0.2) is 43.3 Å². The molecule has 0 spiro atoms. The predicted molar refractivity (Wildman–Crippen MR) is 101 cm³/mol. The van der Waals surface area contributed by atoms with Crippen molar-refractivity contribution >= 4 is 24.0 Å². The van der Waals surface area contributed by atoms with E-state index in [1.165, 1.54) is 31.2 Å². The molecule has 0 fully saturated rings. The molecule has 1 aromatic rings. The number of imide groups is 1. The van der Waals surface area contributed by atoms with Crippen molar-refractivity contribution in [2.45, 2.75) is 46.5 Å². The summed E-state index contributed by atoms with van der Waals surface area (Å²) in [7, 11) is 0. The number of ether oxygens (including phenoxy) is 3. The van der Waals surface area contributed by atoms with Gasteiger partial charge in [-0.3, -0.25) is 10.1 Å². The molecule has 10 heteroatoms. The maximum atomic E-state index is 12.4. The van der Waals surface area contributed by atoms with E-state index in [-0.39, 0.29) is 24.1 Å². The number of halogens is 2. The summed E-state index contributed by atoms with van der Waals surface area (Å²) in [4.78, 5) is 35.2. The molecule has 0 aliphatic carbocycles. The molecule has 3 amide bonds. The lowest BCUT2D eigenvalue weighted by atomic mass is 10.2. The van der Waals surface area contributed by atoms with E-state index in [0.717, 1.165) is 6.08 Å². The summed E-state index contributed by atoms with van der Waals surface area (Å²) < 4.78 is 39.4. The Morgan fingerprint density at radius 1 is 1.14 bits per heavy atom. The highest BCUT2D eigenvalue weighted by molar-refractivity contribution is 5.98. The average molecular weight is 414 g/mol. The van der Waals surface area contributed by atoms with Gasteiger partial charge in [0, 0.05) is 12.1 Å². The van der Waals surface area contributed by atoms with Gasteiger partial charge in [-0.25, -0.2) is 9.59 Å². The van der Waals surface area contributed by atoms with Crippen molar-refractivity contribution in [1.82, 2.24) is 10.6 Å². The number of hydrogen-bond acceptors (Lipinski definition) is 6. The van der Waals surface area contributed by atoms with E-state index in [0.29, 0.717) is 5.56 Å². The molecule has 0 aliphatic rings. The van der Waals surface area contributed by atoms with Crippen molar-refractivity contribution in [1.29, 1.82) is 0 Å². The van der Waals surface area contributed by atoms with Gasteiger partial charge in [0.2, 0.25) is 0 Å². The Bertz CT molecular complexity index is 752. The van der Waals surface area contributed by atoms with Gasteiger partial charge in [-0.15, -0.1) is 0 Å². The lowest BCUT2D eigenvalue weighted by molar-refractivity contribution is -0.149. The summed E-state index contributed by atoms with van der Waals surface area (Å²) in [6.07, 6.45) is 1.20. The quantitative estimate of drug-likeness (QED) is 0.476. The maximum Gasteiger partial charge on any atom is 0.387 e. The molecule has 1 atom stereocenters. The molecule has 160 valence electrons. The fraction of sp³-hybridized carbons (Fsp3) is 0.421. The third-order valence-electron chi connectivity index (χ3n) is 3.21. The molecule has 2 N–H and O–H groups in total. The Kier molecular flexibility index (Phi) is 9.57. The van der Waals surface area contributed by atoms with Crippen LogP contribution in [0.25, 0.3) is 6.08 Å². The molecule has 0 aliphatic heterocycles. The van der Waals surface area contributed by atoms with Gasteiger partial charge in [0.25, 0.3) is 5.91 Å². The summed E-state index contributed by atoms with van der Waals surface area (Å²) in [6.45, 7) is 3.67. The lowest BCUT2D eigenvalue weighted by Gasteiger charge is -2.13. The molecular formula is C19H24F2N2O6. The van der Waals surface area contributed by atoms with Crippen molar-refractivity contribution in [3.8, 4) is 11.5 Å². The van der Waals surface area contributed by atoms with Crippen LogP contribution in [0.4, 0.5) is 13.6 Å². The van der Waals surface area contributed by atoms with Crippen molar-refractivity contribution in [2.24, 2.45) is 0 Å². The van der Waals surface area contributed by atoms with Crippen molar-refractivity contribution in [3.05, 3.63) is 29.8 Å². The number of nitrogens with one attached hydrogen (secondary N) is 2. The van der Waals surface area contributed by atoms with Gasteiger partial charge in [0.1, 0.15) is 0 Å². The highest BCUT2D eigenvalue weighted by Gasteiger charge is 2.19. The molecule has 0 saturated carbocycles. The molecule has 0 unspecified atom stereocenters. The van der Waals surface area contributed by atoms with Crippen LogP contribution in [-0.2, 0) is 14.3 Å². The summed E-state index contributed by atoms with van der Waals surface area (Å²) in [5.74, 6) is -1.65. The minimum absolute atomic E-state index is 0.0900. The van der Waals surface area contributed by atoms with Crippen LogP contribution < -0.4 is 20.1 Å². The van der Waals surface area contributed by atoms with Gasteiger partial charge in [0.05, 0.1) is 6.61 Å². The summed E-state index contributed by atoms with van der Waals surface area (Å²) in [5.41, 5.74) is 0.459. The number of hydrogen-bond donors (Lipinski definition) is 2. The fourth-order valence-electron chi connectivity index (χ4n) is 2.03. The highest BCUT2D eigenvalue weighted by Crippen LogP contribution is 2.30. The summed E-state index contributed by atoms with van der Waals surface area (Å²) in [5, 5.41) is 4.52. The Balaban J connectivity index is 2.70. The van der Waals surface area contributed by atoms with Crippen LogP contribution in [0.2, 0.25) is 0 Å². The monoisotopic (exact) mass is 414 g/mol. The largest absolute Gasteiger partial charge is 0.490 e. The van der Waals surface area contributed by atoms with Gasteiger partial charge in [0.15, 0.2) is 17.6 Å². The molecule has 0 bridgehead atoms. The van der Waals surface area contributed by atoms with E-state index in [1.807, 2.05) is 0 Å². The number of urea groups is 1. The van der Waals surface area contributed by atoms with Crippen LogP contribution >= 0.6 is 0 Å². The number of carbonyl (C=O) groups is 3. The Hall–Kier alpha value is -3.17. The van der Waals surface area contributed by atoms with Crippen molar-refractivity contribution in [3.63, 3.8) is 0 Å². The van der Waals surface area contributed by atoms with Gasteiger partial charge >= 0.3 is 18.6 Å². The second kappa shape index (κ2) is 11.6. The second-order valence-corrected chi connectivity index (χ2v) is 6.05. The van der Waals surface area contributed by atoms with Gasteiger partial charge < -0.3 is 19.5 Å². The molecular weight excluding hydrogens is 390 g/mol. The molecule has 1 rings (SSSR count). The number of amides is 3. The normalized spacial score (nSPS) is 12.0. The Labute approximate surface area is 167 Å². The fourth-order valence-corrected chi connectivity index (χ4v) is 2.03. The summed E-state index contributed by atoms with van der Waals surface area (Å²) >= 11 is 0. The SMILES string of the molecule is CCOc1cc(/C=C/C(=O)O[C@@H](C)C(=O)NC(=O)NC(C)C)ccc1OC(F)F. The van der Waals surface area contributed by atoms with Gasteiger partial charge in [-0.2, -0.15) is 8.78 Å². The van der Waals surface area contributed by atoms with E-state index < -0.39 is 30.6 Å². The summed E-state index contributed by atoms with van der Waals surface area (Å²) in [6, 6.07) is 3.28. The number of rotatable bonds is 9. The highest BCUT2D eigenvalue weighted by atomic mass is 19.3. The first kappa shape index (κ1) is 23.9. The molecule has 0 heterocycles. The third-order valence-corrected chi connectivity index (χ3v) is 3.21. The maximum absolute atomic E-state index is 12.4. The predicted octanol–water partition coefficient (Wildman–Crippen LogP) is 2.87. The van der Waals surface area contributed by atoms with Crippen LogP contribution in [0, 0.1) is 0 Å². The average Bonchev–Trinajstić information content (AvgIpc) is 2.60. The zero-order valence-corrected chi connectivity index (χ0v) is 16.5. The molecule has 8 nitrogen and oxygen atoms in total. The molecule has 0 saturated heterocycles. The lowest BCUT2D eigenvalue weighted by Crippen LogP contribution is -2.46. The first-order valence-corrected chi connectivity index (χ1v) is 8.84. The van der Waals surface area contributed by atoms with Crippen molar-refractivity contribution in [2.75, 3.05) is 6.61 Å². The van der Waals surface area contributed by atoms with Crippen LogP contribution in [0.5, 0.6) is 11.5 Å². The third kappa shape index (κ3) is 9.04. The number of carbonyl (C=O) groups excluding carboxylic acids is 3.